The van der Waals surface area contributed by atoms with Gasteiger partial charge >= 0.3 is 0 Å². The summed E-state index contributed by atoms with van der Waals surface area (Å²) >= 11 is 0. The van der Waals surface area contributed by atoms with Gasteiger partial charge in [-0.15, -0.1) is 0 Å². The van der Waals surface area contributed by atoms with Crippen LogP contribution in [0.3, 0.4) is 0 Å². The van der Waals surface area contributed by atoms with Crippen LogP contribution in [0.5, 0.6) is 5.75 Å². The maximum absolute atomic E-state index is 13.0. The number of hydrogen-bond donors (Lipinski definition) is 3. The molecule has 0 fully saturated rings. The van der Waals surface area contributed by atoms with Crippen LogP contribution >= 0.6 is 0 Å². The fraction of sp³-hybridized carbons (Fsp3) is 0.143. The first-order valence-corrected chi connectivity index (χ1v) is 6.02. The first-order valence-electron chi connectivity index (χ1n) is 6.02. The van der Waals surface area contributed by atoms with Crippen molar-refractivity contribution in [3.8, 4) is 5.75 Å². The molecule has 110 valence electrons. The molecule has 1 aromatic carbocycles. The Morgan fingerprint density at radius 1 is 1.29 bits per heavy atom. The molecule has 1 aromatic heterocycles. The number of halogens is 1. The highest BCUT2D eigenvalue weighted by atomic mass is 19.1. The Kier molecular flexibility index (Phi) is 4.81. The van der Waals surface area contributed by atoms with E-state index in [1.54, 1.807) is 6.07 Å². The Balaban J connectivity index is 2.12. The molecule has 21 heavy (non-hydrogen) atoms. The van der Waals surface area contributed by atoms with Crippen LogP contribution in [0.4, 0.5) is 4.39 Å². The molecule has 0 bridgehead atoms. The van der Waals surface area contributed by atoms with E-state index in [9.17, 15) is 4.39 Å². The zero-order valence-corrected chi connectivity index (χ0v) is 10.8. The van der Waals surface area contributed by atoms with Crippen LogP contribution < -0.4 is 4.74 Å². The topological polar surface area (TPSA) is 95.2 Å². The Hall–Kier alpha value is -2.51. The van der Waals surface area contributed by atoms with Crippen LogP contribution in [0.1, 0.15) is 17.5 Å². The number of hydrogen-bond acceptors (Lipinski definition) is 6. The lowest BCUT2D eigenvalue weighted by Gasteiger charge is -2.09. The largest absolute Gasteiger partial charge is 0.487 e. The Labute approximate surface area is 119 Å². The standard InChI is InChI=1S/C14H13FN2O4/c15-10-2-1-3-11(7-10)21-8-13(17-20)12-6-9(14(18)19)4-5-16-12/h1-7,14,18-20H,8H2/b17-13+. The van der Waals surface area contributed by atoms with Gasteiger partial charge in [-0.05, 0) is 24.3 Å². The van der Waals surface area contributed by atoms with E-state index >= 15 is 0 Å². The second kappa shape index (κ2) is 6.78. The number of benzene rings is 1. The van der Waals surface area contributed by atoms with E-state index in [2.05, 4.69) is 10.1 Å². The molecule has 2 rings (SSSR count). The van der Waals surface area contributed by atoms with Gasteiger partial charge in [-0.3, -0.25) is 4.98 Å². The van der Waals surface area contributed by atoms with Gasteiger partial charge in [-0.1, -0.05) is 11.2 Å². The molecule has 6 nitrogen and oxygen atoms in total. The highest BCUT2D eigenvalue weighted by molar-refractivity contribution is 5.99. The average Bonchev–Trinajstić information content (AvgIpc) is 2.48. The van der Waals surface area contributed by atoms with Crippen LogP contribution in [0.2, 0.25) is 0 Å². The van der Waals surface area contributed by atoms with Gasteiger partial charge in [0.15, 0.2) is 6.29 Å². The van der Waals surface area contributed by atoms with Crippen LogP contribution in [-0.2, 0) is 0 Å². The van der Waals surface area contributed by atoms with Crippen molar-refractivity contribution in [2.24, 2.45) is 5.16 Å². The molecular weight excluding hydrogens is 279 g/mol. The lowest BCUT2D eigenvalue weighted by molar-refractivity contribution is -0.0425. The lowest BCUT2D eigenvalue weighted by atomic mass is 10.1. The summed E-state index contributed by atoms with van der Waals surface area (Å²) in [5.74, 6) is -0.173. The number of oxime groups is 1. The molecule has 1 heterocycles. The van der Waals surface area contributed by atoms with Gasteiger partial charge < -0.3 is 20.2 Å². The fourth-order valence-electron chi connectivity index (χ4n) is 1.63. The molecule has 0 spiro atoms. The van der Waals surface area contributed by atoms with Gasteiger partial charge in [0.1, 0.15) is 23.9 Å². The molecule has 7 heteroatoms. The molecular formula is C14H13FN2O4. The monoisotopic (exact) mass is 292 g/mol. The Morgan fingerprint density at radius 2 is 2.10 bits per heavy atom. The highest BCUT2D eigenvalue weighted by Crippen LogP contribution is 2.14. The third-order valence-corrected chi connectivity index (χ3v) is 2.67. The quantitative estimate of drug-likeness (QED) is 0.335. The normalized spacial score (nSPS) is 11.7. The van der Waals surface area contributed by atoms with Gasteiger partial charge in [0.05, 0.1) is 5.69 Å². The number of pyridine rings is 1. The van der Waals surface area contributed by atoms with E-state index in [-0.39, 0.29) is 29.3 Å². The molecule has 3 N–H and O–H groups in total. The smallest absolute Gasteiger partial charge is 0.178 e. The van der Waals surface area contributed by atoms with E-state index in [1.807, 2.05) is 0 Å². The van der Waals surface area contributed by atoms with Gasteiger partial charge in [0, 0.05) is 17.8 Å². The van der Waals surface area contributed by atoms with Crippen molar-refractivity contribution in [3.05, 3.63) is 59.7 Å². The van der Waals surface area contributed by atoms with Crippen molar-refractivity contribution >= 4 is 5.71 Å². The van der Waals surface area contributed by atoms with Crippen LogP contribution in [0, 0.1) is 5.82 Å². The predicted molar refractivity (Wildman–Crippen MR) is 71.6 cm³/mol. The third-order valence-electron chi connectivity index (χ3n) is 2.67. The summed E-state index contributed by atoms with van der Waals surface area (Å²) in [4.78, 5) is 3.96. The van der Waals surface area contributed by atoms with Gasteiger partial charge in [0.25, 0.3) is 0 Å². The van der Waals surface area contributed by atoms with E-state index < -0.39 is 12.1 Å². The number of rotatable bonds is 5. The van der Waals surface area contributed by atoms with Crippen LogP contribution in [0.25, 0.3) is 0 Å². The third kappa shape index (κ3) is 3.98. The fourth-order valence-corrected chi connectivity index (χ4v) is 1.63. The van der Waals surface area contributed by atoms with Gasteiger partial charge in [0.2, 0.25) is 0 Å². The van der Waals surface area contributed by atoms with E-state index in [4.69, 9.17) is 20.2 Å². The van der Waals surface area contributed by atoms with Crippen LogP contribution in [-0.4, -0.2) is 32.7 Å². The zero-order chi connectivity index (χ0) is 15.2. The zero-order valence-electron chi connectivity index (χ0n) is 10.8. The van der Waals surface area contributed by atoms with Crippen molar-refractivity contribution in [1.29, 1.82) is 0 Å². The van der Waals surface area contributed by atoms with E-state index in [0.717, 1.165) is 0 Å². The van der Waals surface area contributed by atoms with E-state index in [1.165, 1.54) is 36.5 Å². The number of aliphatic hydroxyl groups is 2. The molecule has 0 aliphatic heterocycles. The summed E-state index contributed by atoms with van der Waals surface area (Å²) in [6.45, 7) is -0.155. The Morgan fingerprint density at radius 3 is 2.76 bits per heavy atom. The molecule has 0 saturated carbocycles. The van der Waals surface area contributed by atoms with Crippen molar-refractivity contribution in [2.45, 2.75) is 6.29 Å². The molecule has 0 aliphatic rings. The second-order valence-corrected chi connectivity index (χ2v) is 4.14. The number of ether oxygens (including phenoxy) is 1. The van der Waals surface area contributed by atoms with E-state index in [0.29, 0.717) is 0 Å². The first kappa shape index (κ1) is 14.9. The molecule has 0 unspecified atom stereocenters. The maximum Gasteiger partial charge on any atom is 0.178 e. The van der Waals surface area contributed by atoms with Crippen molar-refractivity contribution in [1.82, 2.24) is 4.98 Å². The lowest BCUT2D eigenvalue weighted by Crippen LogP contribution is -2.15. The minimum atomic E-state index is -1.66. The summed E-state index contributed by atoms with van der Waals surface area (Å²) < 4.78 is 18.3. The van der Waals surface area contributed by atoms with Gasteiger partial charge in [-0.2, -0.15) is 0 Å². The minimum absolute atomic E-state index is 0.0711. The highest BCUT2D eigenvalue weighted by Gasteiger charge is 2.11. The molecule has 0 atom stereocenters. The van der Waals surface area contributed by atoms with Gasteiger partial charge in [-0.25, -0.2) is 4.39 Å². The summed E-state index contributed by atoms with van der Waals surface area (Å²) in [6, 6.07) is 8.28. The summed E-state index contributed by atoms with van der Waals surface area (Å²) in [5.41, 5.74) is 0.494. The second-order valence-electron chi connectivity index (χ2n) is 4.14. The van der Waals surface area contributed by atoms with Crippen molar-refractivity contribution < 1.29 is 24.5 Å². The summed E-state index contributed by atoms with van der Waals surface area (Å²) in [6.07, 6.45) is -0.312. The number of nitrogens with zero attached hydrogens (tertiary/aromatic N) is 2. The molecule has 0 radical (unpaired) electrons. The minimum Gasteiger partial charge on any atom is -0.487 e. The average molecular weight is 292 g/mol. The summed E-state index contributed by atoms with van der Waals surface area (Å²) in [5, 5.41) is 30.3. The Bertz CT molecular complexity index is 646. The molecule has 0 amide bonds. The van der Waals surface area contributed by atoms with Crippen LogP contribution in [0.15, 0.2) is 47.8 Å². The van der Waals surface area contributed by atoms with Crippen molar-refractivity contribution in [3.63, 3.8) is 0 Å². The first-order chi connectivity index (χ1) is 10.1. The van der Waals surface area contributed by atoms with Crippen molar-refractivity contribution in [2.75, 3.05) is 6.61 Å². The summed E-state index contributed by atoms with van der Waals surface area (Å²) in [7, 11) is 0. The maximum atomic E-state index is 13.0. The SMILES string of the molecule is O/N=C(\COc1cccc(F)c1)c1cc(C(O)O)ccn1. The molecule has 0 saturated heterocycles. The molecule has 0 aliphatic carbocycles. The predicted octanol–water partition coefficient (Wildman–Crippen LogP) is 1.46. The number of aliphatic hydroxyl groups excluding tert-OH is 1. The molecule has 2 aromatic rings. The number of aromatic nitrogens is 1.